The van der Waals surface area contributed by atoms with Gasteiger partial charge in [0.15, 0.2) is 0 Å². The molecule has 0 bridgehead atoms. The van der Waals surface area contributed by atoms with Crippen molar-refractivity contribution < 1.29 is 9.21 Å². The van der Waals surface area contributed by atoms with Crippen LogP contribution in [-0.2, 0) is 13.1 Å². The topological polar surface area (TPSA) is 63.3 Å². The molecule has 0 saturated carbocycles. The zero-order chi connectivity index (χ0) is 21.4. The third-order valence-corrected chi connectivity index (χ3v) is 5.81. The van der Waals surface area contributed by atoms with Gasteiger partial charge in [-0.2, -0.15) is 5.10 Å². The molecule has 1 atom stereocenters. The Labute approximate surface area is 181 Å². The van der Waals surface area contributed by atoms with Gasteiger partial charge in [0.05, 0.1) is 30.6 Å². The summed E-state index contributed by atoms with van der Waals surface area (Å²) in [6.07, 6.45) is 1.30. The van der Waals surface area contributed by atoms with E-state index in [1.54, 1.807) is 6.26 Å². The predicted molar refractivity (Wildman–Crippen MR) is 119 cm³/mol. The maximum atomic E-state index is 13.5. The van der Waals surface area contributed by atoms with Gasteiger partial charge in [-0.25, -0.2) is 0 Å². The van der Waals surface area contributed by atoms with Crippen LogP contribution in [-0.4, -0.2) is 20.6 Å². The molecular weight excluding hydrogens is 388 g/mol. The van der Waals surface area contributed by atoms with Gasteiger partial charge in [0.1, 0.15) is 11.9 Å². The summed E-state index contributed by atoms with van der Waals surface area (Å²) in [5.74, 6) is 0.719. The molecule has 0 saturated heterocycles. The van der Waals surface area contributed by atoms with Gasteiger partial charge in [0, 0.05) is 16.9 Å². The van der Waals surface area contributed by atoms with E-state index in [2.05, 4.69) is 24.4 Å². The number of para-hydroxylation sites is 1. The fourth-order valence-electron chi connectivity index (χ4n) is 4.27. The first-order valence-electron chi connectivity index (χ1n) is 10.4. The van der Waals surface area contributed by atoms with Crippen molar-refractivity contribution in [2.45, 2.75) is 33.1 Å². The number of anilines is 1. The third-order valence-electron chi connectivity index (χ3n) is 5.81. The van der Waals surface area contributed by atoms with Crippen LogP contribution in [0.15, 0.2) is 77.4 Å². The largest absolute Gasteiger partial charge is 0.467 e. The molecule has 1 aliphatic rings. The predicted octanol–water partition coefficient (Wildman–Crippen LogP) is 4.91. The molecule has 0 aliphatic carbocycles. The van der Waals surface area contributed by atoms with Crippen LogP contribution in [0.4, 0.5) is 5.69 Å². The van der Waals surface area contributed by atoms with E-state index < -0.39 is 0 Å². The normalized spacial score (nSPS) is 15.6. The van der Waals surface area contributed by atoms with Crippen molar-refractivity contribution >= 4 is 11.6 Å². The monoisotopic (exact) mass is 412 g/mol. The fourth-order valence-corrected chi connectivity index (χ4v) is 4.27. The van der Waals surface area contributed by atoms with Crippen LogP contribution < -0.4 is 5.32 Å². The first-order valence-corrected chi connectivity index (χ1v) is 10.4. The number of amides is 1. The van der Waals surface area contributed by atoms with Gasteiger partial charge in [-0.15, -0.1) is 0 Å². The first kappa shape index (κ1) is 19.2. The van der Waals surface area contributed by atoms with Gasteiger partial charge in [-0.05, 0) is 43.7 Å². The van der Waals surface area contributed by atoms with E-state index >= 15 is 0 Å². The standard InChI is InChI=1S/C25H24N4O2/c1-17-23(18(2)29(27-17)15-19-9-4-3-5-10-19)24-26-22-13-7-6-12-21(22)25(30)28(24)16-20-11-8-14-31-20/h3-14,24,26H,15-16H2,1-2H3/t24-/m0/s1. The van der Waals surface area contributed by atoms with Crippen molar-refractivity contribution in [1.82, 2.24) is 14.7 Å². The zero-order valence-electron chi connectivity index (χ0n) is 17.6. The van der Waals surface area contributed by atoms with Gasteiger partial charge >= 0.3 is 0 Å². The Balaban J connectivity index is 1.56. The number of nitrogens with one attached hydrogen (secondary N) is 1. The Morgan fingerprint density at radius 3 is 2.52 bits per heavy atom. The minimum Gasteiger partial charge on any atom is -0.467 e. The van der Waals surface area contributed by atoms with Crippen LogP contribution >= 0.6 is 0 Å². The second-order valence-corrected chi connectivity index (χ2v) is 7.83. The van der Waals surface area contributed by atoms with Crippen molar-refractivity contribution in [3.63, 3.8) is 0 Å². The summed E-state index contributed by atoms with van der Waals surface area (Å²) in [4.78, 5) is 15.3. The van der Waals surface area contributed by atoms with Crippen molar-refractivity contribution in [3.8, 4) is 0 Å². The highest BCUT2D eigenvalue weighted by Gasteiger charge is 2.36. The van der Waals surface area contributed by atoms with Gasteiger partial charge in [-0.1, -0.05) is 42.5 Å². The van der Waals surface area contributed by atoms with E-state index in [9.17, 15) is 4.79 Å². The maximum absolute atomic E-state index is 13.5. The quantitative estimate of drug-likeness (QED) is 0.506. The van der Waals surface area contributed by atoms with Gasteiger partial charge in [0.2, 0.25) is 0 Å². The van der Waals surface area contributed by atoms with Crippen molar-refractivity contribution in [2.75, 3.05) is 5.32 Å². The average molecular weight is 412 g/mol. The molecule has 0 fully saturated rings. The summed E-state index contributed by atoms with van der Waals surface area (Å²) >= 11 is 0. The van der Waals surface area contributed by atoms with E-state index in [0.29, 0.717) is 18.7 Å². The number of rotatable bonds is 5. The second kappa shape index (κ2) is 7.80. The Morgan fingerprint density at radius 2 is 1.74 bits per heavy atom. The molecular formula is C25H24N4O2. The van der Waals surface area contributed by atoms with E-state index in [-0.39, 0.29) is 12.1 Å². The number of hydrogen-bond donors (Lipinski definition) is 1. The van der Waals surface area contributed by atoms with Crippen molar-refractivity contribution in [1.29, 1.82) is 0 Å². The number of nitrogens with zero attached hydrogens (tertiary/aromatic N) is 3. The highest BCUT2D eigenvalue weighted by molar-refractivity contribution is 6.01. The summed E-state index contributed by atoms with van der Waals surface area (Å²) in [5.41, 5.74) is 5.65. The van der Waals surface area contributed by atoms with Crippen LogP contribution in [0.5, 0.6) is 0 Å². The van der Waals surface area contributed by atoms with Crippen LogP contribution in [0.3, 0.4) is 0 Å². The molecule has 1 amide bonds. The summed E-state index contributed by atoms with van der Waals surface area (Å²) < 4.78 is 7.57. The molecule has 0 unspecified atom stereocenters. The van der Waals surface area contributed by atoms with Crippen LogP contribution in [0.1, 0.15) is 44.8 Å². The van der Waals surface area contributed by atoms with Crippen LogP contribution in [0, 0.1) is 13.8 Å². The molecule has 6 nitrogen and oxygen atoms in total. The SMILES string of the molecule is Cc1nn(Cc2ccccc2)c(C)c1[C@H]1Nc2ccccc2C(=O)N1Cc1ccco1. The lowest BCUT2D eigenvalue weighted by Crippen LogP contribution is -2.42. The zero-order valence-corrected chi connectivity index (χ0v) is 17.6. The van der Waals surface area contributed by atoms with E-state index in [4.69, 9.17) is 9.52 Å². The molecule has 2 aromatic heterocycles. The minimum absolute atomic E-state index is 0.0228. The van der Waals surface area contributed by atoms with E-state index in [1.807, 2.05) is 71.1 Å². The molecule has 0 radical (unpaired) electrons. The van der Waals surface area contributed by atoms with Gasteiger partial charge in [-0.3, -0.25) is 9.48 Å². The average Bonchev–Trinajstić information content (AvgIpc) is 3.39. The number of aryl methyl sites for hydroxylation is 1. The number of carbonyl (C=O) groups excluding carboxylic acids is 1. The molecule has 3 heterocycles. The minimum atomic E-state index is -0.336. The Morgan fingerprint density at radius 1 is 0.968 bits per heavy atom. The van der Waals surface area contributed by atoms with Gasteiger partial charge in [0.25, 0.3) is 5.91 Å². The van der Waals surface area contributed by atoms with E-state index in [1.165, 1.54) is 5.56 Å². The summed E-state index contributed by atoms with van der Waals surface area (Å²) in [5, 5.41) is 8.38. The number of hydrogen-bond acceptors (Lipinski definition) is 4. The smallest absolute Gasteiger partial charge is 0.258 e. The Kier molecular flexibility index (Phi) is 4.82. The lowest BCUT2D eigenvalue weighted by molar-refractivity contribution is 0.0650. The molecule has 156 valence electrons. The van der Waals surface area contributed by atoms with E-state index in [0.717, 1.165) is 28.4 Å². The maximum Gasteiger partial charge on any atom is 0.258 e. The molecule has 1 N–H and O–H groups in total. The number of carbonyl (C=O) groups is 1. The number of furan rings is 1. The molecule has 1 aliphatic heterocycles. The molecule has 6 heteroatoms. The fraction of sp³-hybridized carbons (Fsp3) is 0.200. The molecule has 31 heavy (non-hydrogen) atoms. The van der Waals surface area contributed by atoms with Crippen LogP contribution in [0.25, 0.3) is 0 Å². The molecule has 5 rings (SSSR count). The highest BCUT2D eigenvalue weighted by atomic mass is 16.3. The van der Waals surface area contributed by atoms with Crippen molar-refractivity contribution in [2.24, 2.45) is 0 Å². The number of benzene rings is 2. The second-order valence-electron chi connectivity index (χ2n) is 7.83. The Bertz CT molecular complexity index is 1210. The molecule has 4 aromatic rings. The lowest BCUT2D eigenvalue weighted by atomic mass is 10.0. The third kappa shape index (κ3) is 3.50. The summed E-state index contributed by atoms with van der Waals surface area (Å²) in [6, 6.07) is 21.6. The summed E-state index contributed by atoms with van der Waals surface area (Å²) in [6.45, 7) is 5.13. The van der Waals surface area contributed by atoms with Crippen LogP contribution in [0.2, 0.25) is 0 Å². The number of fused-ring (bicyclic) bond motifs is 1. The lowest BCUT2D eigenvalue weighted by Gasteiger charge is -2.37. The first-order chi connectivity index (χ1) is 15.1. The summed E-state index contributed by atoms with van der Waals surface area (Å²) in [7, 11) is 0. The van der Waals surface area contributed by atoms with Gasteiger partial charge < -0.3 is 14.6 Å². The number of aromatic nitrogens is 2. The van der Waals surface area contributed by atoms with Crippen molar-refractivity contribution in [3.05, 3.63) is 107 Å². The molecule has 2 aromatic carbocycles. The Hall–Kier alpha value is -3.80. The molecule has 0 spiro atoms. The highest BCUT2D eigenvalue weighted by Crippen LogP contribution is 2.36.